The van der Waals surface area contributed by atoms with Crippen LogP contribution in [-0.2, 0) is 5.41 Å². The molecule has 4 rings (SSSR count). The monoisotopic (exact) mass is 319 g/mol. The second-order valence-corrected chi connectivity index (χ2v) is 7.01. The number of benzene rings is 3. The van der Waals surface area contributed by atoms with Crippen LogP contribution >= 0.6 is 11.6 Å². The van der Waals surface area contributed by atoms with Gasteiger partial charge in [0, 0.05) is 27.3 Å². The van der Waals surface area contributed by atoms with Gasteiger partial charge in [0.1, 0.15) is 0 Å². The molecule has 0 saturated carbocycles. The van der Waals surface area contributed by atoms with Crippen molar-refractivity contribution in [3.63, 3.8) is 0 Å². The summed E-state index contributed by atoms with van der Waals surface area (Å²) >= 11 is 6.47. The first-order valence-corrected chi connectivity index (χ1v) is 8.17. The predicted molar refractivity (Wildman–Crippen MR) is 98.9 cm³/mol. The first-order chi connectivity index (χ1) is 11.0. The van der Waals surface area contributed by atoms with Gasteiger partial charge in [0.2, 0.25) is 0 Å². The highest BCUT2D eigenvalue weighted by atomic mass is 35.5. The van der Waals surface area contributed by atoms with Gasteiger partial charge in [-0.15, -0.1) is 0 Å². The molecule has 3 aromatic carbocycles. The Morgan fingerprint density at radius 3 is 2.17 bits per heavy atom. The number of halogens is 1. The molecule has 0 heterocycles. The van der Waals surface area contributed by atoms with Gasteiger partial charge in [0.15, 0.2) is 0 Å². The number of anilines is 1. The van der Waals surface area contributed by atoms with E-state index < -0.39 is 0 Å². The highest BCUT2D eigenvalue weighted by molar-refractivity contribution is 6.33. The number of fused-ring (bicyclic) bond motifs is 3. The summed E-state index contributed by atoms with van der Waals surface area (Å²) in [7, 11) is 0. The molecule has 1 aliphatic rings. The van der Waals surface area contributed by atoms with Gasteiger partial charge in [0.05, 0.1) is 0 Å². The predicted octanol–water partition coefficient (Wildman–Crippen LogP) is 5.90. The van der Waals surface area contributed by atoms with Gasteiger partial charge in [-0.2, -0.15) is 0 Å². The highest BCUT2D eigenvalue weighted by Gasteiger charge is 2.38. The molecule has 1 nitrogen and oxygen atoms in total. The molecule has 2 N–H and O–H groups in total. The van der Waals surface area contributed by atoms with Crippen LogP contribution in [0.2, 0.25) is 5.02 Å². The molecule has 0 fully saturated rings. The molecule has 0 atom stereocenters. The van der Waals surface area contributed by atoms with Crippen LogP contribution in [0.1, 0.15) is 25.0 Å². The second-order valence-electron chi connectivity index (χ2n) is 6.60. The van der Waals surface area contributed by atoms with Gasteiger partial charge in [0.25, 0.3) is 0 Å². The Kier molecular flexibility index (Phi) is 3.04. The zero-order chi connectivity index (χ0) is 16.2. The smallest absolute Gasteiger partial charge is 0.0484 e. The lowest BCUT2D eigenvalue weighted by Gasteiger charge is -2.25. The molecular weight excluding hydrogens is 302 g/mol. The molecule has 0 amide bonds. The van der Waals surface area contributed by atoms with Gasteiger partial charge in [-0.05, 0) is 34.4 Å². The van der Waals surface area contributed by atoms with E-state index in [1.165, 1.54) is 22.3 Å². The van der Waals surface area contributed by atoms with E-state index in [9.17, 15) is 0 Å². The lowest BCUT2D eigenvalue weighted by atomic mass is 9.78. The van der Waals surface area contributed by atoms with Crippen molar-refractivity contribution in [1.29, 1.82) is 0 Å². The van der Waals surface area contributed by atoms with Crippen LogP contribution < -0.4 is 5.73 Å². The Labute approximate surface area is 141 Å². The zero-order valence-corrected chi connectivity index (χ0v) is 14.0. The summed E-state index contributed by atoms with van der Waals surface area (Å²) in [6.45, 7) is 4.52. The minimum absolute atomic E-state index is 0.101. The maximum absolute atomic E-state index is 6.47. The molecule has 0 radical (unpaired) electrons. The summed E-state index contributed by atoms with van der Waals surface area (Å²) in [4.78, 5) is 0. The molecule has 0 aromatic heterocycles. The van der Waals surface area contributed by atoms with E-state index in [0.29, 0.717) is 0 Å². The van der Waals surface area contributed by atoms with Gasteiger partial charge < -0.3 is 5.73 Å². The van der Waals surface area contributed by atoms with E-state index in [4.69, 9.17) is 17.3 Å². The molecule has 0 bridgehead atoms. The van der Waals surface area contributed by atoms with Crippen LogP contribution in [-0.4, -0.2) is 0 Å². The topological polar surface area (TPSA) is 26.0 Å². The summed E-state index contributed by atoms with van der Waals surface area (Å²) in [5.74, 6) is 0. The van der Waals surface area contributed by atoms with E-state index in [-0.39, 0.29) is 5.41 Å². The summed E-state index contributed by atoms with van der Waals surface area (Å²) in [5, 5.41) is 0.770. The van der Waals surface area contributed by atoms with Crippen molar-refractivity contribution in [1.82, 2.24) is 0 Å². The zero-order valence-electron chi connectivity index (χ0n) is 13.2. The Morgan fingerprint density at radius 1 is 0.783 bits per heavy atom. The van der Waals surface area contributed by atoms with Crippen LogP contribution in [0.25, 0.3) is 22.3 Å². The molecule has 114 valence electrons. The first kappa shape index (κ1) is 14.3. The van der Waals surface area contributed by atoms with E-state index in [0.717, 1.165) is 21.8 Å². The maximum atomic E-state index is 6.47. The normalized spacial score (nSPS) is 14.4. The fourth-order valence-electron chi connectivity index (χ4n) is 3.84. The first-order valence-electron chi connectivity index (χ1n) is 7.79. The summed E-state index contributed by atoms with van der Waals surface area (Å²) < 4.78 is 0. The largest absolute Gasteiger partial charge is 0.398 e. The second kappa shape index (κ2) is 4.87. The summed E-state index contributed by atoms with van der Waals surface area (Å²) in [5.41, 5.74) is 14.3. The van der Waals surface area contributed by atoms with Crippen LogP contribution in [0.15, 0.2) is 60.7 Å². The highest BCUT2D eigenvalue weighted by Crippen LogP contribution is 2.54. The van der Waals surface area contributed by atoms with Crippen LogP contribution in [0.3, 0.4) is 0 Å². The van der Waals surface area contributed by atoms with Crippen molar-refractivity contribution in [3.05, 3.63) is 76.8 Å². The molecule has 3 aromatic rings. The molecule has 0 unspecified atom stereocenters. The third-order valence-electron chi connectivity index (χ3n) is 4.90. The van der Waals surface area contributed by atoms with Crippen molar-refractivity contribution in [2.45, 2.75) is 19.3 Å². The van der Waals surface area contributed by atoms with Gasteiger partial charge >= 0.3 is 0 Å². The molecule has 23 heavy (non-hydrogen) atoms. The minimum atomic E-state index is -0.101. The van der Waals surface area contributed by atoms with E-state index in [1.807, 2.05) is 24.3 Å². The van der Waals surface area contributed by atoms with Crippen molar-refractivity contribution >= 4 is 17.3 Å². The third kappa shape index (κ3) is 1.93. The Balaban J connectivity index is 2.11. The van der Waals surface area contributed by atoms with E-state index in [1.54, 1.807) is 0 Å². The van der Waals surface area contributed by atoms with Crippen LogP contribution in [0.5, 0.6) is 0 Å². The average Bonchev–Trinajstić information content (AvgIpc) is 2.79. The van der Waals surface area contributed by atoms with Crippen molar-refractivity contribution in [3.8, 4) is 22.3 Å². The standard InChI is InChI=1S/C21H18ClN/c1-21(2)16-9-5-3-8-15(16)19-18(23)12-11-14(20(19)21)13-7-4-6-10-17(13)22/h3-12H,23H2,1-2H3. The van der Waals surface area contributed by atoms with E-state index in [2.05, 4.69) is 50.2 Å². The van der Waals surface area contributed by atoms with Gasteiger partial charge in [-0.1, -0.05) is 74.0 Å². The van der Waals surface area contributed by atoms with Crippen LogP contribution in [0, 0.1) is 0 Å². The molecule has 1 aliphatic carbocycles. The molecular formula is C21H18ClN. The number of rotatable bonds is 1. The Bertz CT molecular complexity index is 925. The Hall–Kier alpha value is -2.25. The van der Waals surface area contributed by atoms with Crippen molar-refractivity contribution in [2.24, 2.45) is 0 Å². The summed E-state index contributed by atoms with van der Waals surface area (Å²) in [6, 6.07) is 20.6. The van der Waals surface area contributed by atoms with Crippen molar-refractivity contribution < 1.29 is 0 Å². The Morgan fingerprint density at radius 2 is 1.43 bits per heavy atom. The van der Waals surface area contributed by atoms with Gasteiger partial charge in [-0.25, -0.2) is 0 Å². The lowest BCUT2D eigenvalue weighted by molar-refractivity contribution is 0.662. The third-order valence-corrected chi connectivity index (χ3v) is 5.23. The number of nitrogen functional groups attached to an aromatic ring is 1. The lowest BCUT2D eigenvalue weighted by Crippen LogP contribution is -2.16. The quantitative estimate of drug-likeness (QED) is 0.555. The number of hydrogen-bond donors (Lipinski definition) is 1. The minimum Gasteiger partial charge on any atom is -0.398 e. The summed E-state index contributed by atoms with van der Waals surface area (Å²) in [6.07, 6.45) is 0. The fraction of sp³-hybridized carbons (Fsp3) is 0.143. The molecule has 0 aliphatic heterocycles. The average molecular weight is 320 g/mol. The van der Waals surface area contributed by atoms with Crippen molar-refractivity contribution in [2.75, 3.05) is 5.73 Å². The number of nitrogens with two attached hydrogens (primary N) is 1. The van der Waals surface area contributed by atoms with Crippen LogP contribution in [0.4, 0.5) is 5.69 Å². The maximum Gasteiger partial charge on any atom is 0.0484 e. The van der Waals surface area contributed by atoms with Gasteiger partial charge in [-0.3, -0.25) is 0 Å². The van der Waals surface area contributed by atoms with E-state index >= 15 is 0 Å². The number of hydrogen-bond acceptors (Lipinski definition) is 1. The molecule has 2 heteroatoms. The molecule has 0 spiro atoms. The molecule has 0 saturated heterocycles. The SMILES string of the molecule is CC1(C)c2ccccc2-c2c(N)ccc(-c3ccccc3Cl)c21. The fourth-order valence-corrected chi connectivity index (χ4v) is 4.08.